The lowest BCUT2D eigenvalue weighted by molar-refractivity contribution is 0.0783. The van der Waals surface area contributed by atoms with E-state index in [0.29, 0.717) is 18.0 Å². The molecule has 0 bridgehead atoms. The molecule has 3 aromatic rings. The summed E-state index contributed by atoms with van der Waals surface area (Å²) < 4.78 is 5.73. The summed E-state index contributed by atoms with van der Waals surface area (Å²) >= 11 is 0. The predicted molar refractivity (Wildman–Crippen MR) is 109 cm³/mol. The Morgan fingerprint density at radius 1 is 1.21 bits per heavy atom. The van der Waals surface area contributed by atoms with Crippen LogP contribution in [0.2, 0.25) is 0 Å². The van der Waals surface area contributed by atoms with E-state index < -0.39 is 0 Å². The minimum atomic E-state index is -0.0130. The van der Waals surface area contributed by atoms with E-state index in [9.17, 15) is 4.79 Å². The van der Waals surface area contributed by atoms with Crippen molar-refractivity contribution in [3.63, 3.8) is 0 Å². The zero-order chi connectivity index (χ0) is 19.7. The molecule has 28 heavy (non-hydrogen) atoms. The van der Waals surface area contributed by atoms with Crippen LogP contribution in [0.5, 0.6) is 0 Å². The second-order valence-corrected chi connectivity index (χ2v) is 7.76. The molecule has 0 aliphatic carbocycles. The molecular weight excluding hydrogens is 352 g/mol. The Bertz CT molecular complexity index is 967. The maximum absolute atomic E-state index is 12.9. The number of likely N-dealkylation sites (N-methyl/N-ethyl adjacent to an activating group) is 1. The monoisotopic (exact) mass is 378 g/mol. The number of nitrogens with one attached hydrogen (secondary N) is 2. The Hall–Kier alpha value is -2.70. The molecule has 1 fully saturated rings. The molecule has 1 aromatic heterocycles. The van der Waals surface area contributed by atoms with Gasteiger partial charge in [-0.2, -0.15) is 0 Å². The van der Waals surface area contributed by atoms with Crippen LogP contribution in [0.15, 0.2) is 52.9 Å². The number of carbonyl (C=O) groups is 1. The highest BCUT2D eigenvalue weighted by Crippen LogP contribution is 2.24. The largest absolute Gasteiger partial charge is 0.440 e. The van der Waals surface area contributed by atoms with Crippen LogP contribution in [0.3, 0.4) is 0 Å². The van der Waals surface area contributed by atoms with Gasteiger partial charge in [-0.3, -0.25) is 10.2 Å². The summed E-state index contributed by atoms with van der Waals surface area (Å²) in [5.41, 5.74) is 9.98. The third-order valence-electron chi connectivity index (χ3n) is 5.17. The van der Waals surface area contributed by atoms with Crippen LogP contribution in [-0.4, -0.2) is 35.4 Å². The highest BCUT2D eigenvalue weighted by molar-refractivity contribution is 5.97. The molecule has 6 heteroatoms. The molecule has 1 aliphatic heterocycles. The molecule has 6 nitrogen and oxygen atoms in total. The normalized spacial score (nSPS) is 19.4. The lowest BCUT2D eigenvalue weighted by atomic mass is 10.0. The van der Waals surface area contributed by atoms with Gasteiger partial charge in [-0.15, -0.1) is 0 Å². The molecule has 4 rings (SSSR count). The number of nitrogens with zero attached hydrogens (tertiary/aromatic N) is 2. The van der Waals surface area contributed by atoms with Gasteiger partial charge < -0.3 is 9.32 Å². The Kier molecular flexibility index (Phi) is 5.15. The molecular formula is C22H26N4O2. The van der Waals surface area contributed by atoms with Gasteiger partial charge in [0.15, 0.2) is 11.5 Å². The van der Waals surface area contributed by atoms with Crippen LogP contribution in [0, 0.1) is 0 Å². The van der Waals surface area contributed by atoms with Gasteiger partial charge in [0, 0.05) is 37.2 Å². The number of hydrazine groups is 1. The summed E-state index contributed by atoms with van der Waals surface area (Å²) in [6, 6.07) is 16.3. The SMILES string of the molecule is CC(C)c1nc2cc(C(=O)N(C)CC3CC(c4ccccc4)NN3)ccc2o1. The van der Waals surface area contributed by atoms with E-state index in [1.807, 2.05) is 57.3 Å². The number of hydrogen-bond acceptors (Lipinski definition) is 5. The van der Waals surface area contributed by atoms with Crippen LogP contribution in [0.25, 0.3) is 11.1 Å². The van der Waals surface area contributed by atoms with Crippen LogP contribution < -0.4 is 10.9 Å². The molecule has 2 heterocycles. The van der Waals surface area contributed by atoms with Crippen molar-refractivity contribution in [2.24, 2.45) is 0 Å². The van der Waals surface area contributed by atoms with E-state index in [1.165, 1.54) is 5.56 Å². The number of aromatic nitrogens is 1. The topological polar surface area (TPSA) is 70.4 Å². The minimum Gasteiger partial charge on any atom is -0.440 e. The number of amides is 1. The van der Waals surface area contributed by atoms with Crippen molar-refractivity contribution in [1.82, 2.24) is 20.7 Å². The Balaban J connectivity index is 1.41. The van der Waals surface area contributed by atoms with Gasteiger partial charge in [0.25, 0.3) is 5.91 Å². The summed E-state index contributed by atoms with van der Waals surface area (Å²) in [6.07, 6.45) is 0.932. The molecule has 146 valence electrons. The molecule has 2 atom stereocenters. The van der Waals surface area contributed by atoms with E-state index in [2.05, 4.69) is 28.0 Å². The Morgan fingerprint density at radius 3 is 2.75 bits per heavy atom. The zero-order valence-electron chi connectivity index (χ0n) is 16.5. The molecule has 1 aliphatic rings. The van der Waals surface area contributed by atoms with E-state index >= 15 is 0 Å². The summed E-state index contributed by atoms with van der Waals surface area (Å²) in [4.78, 5) is 19.2. The molecule has 2 aromatic carbocycles. The number of fused-ring (bicyclic) bond motifs is 1. The molecule has 1 saturated heterocycles. The molecule has 1 amide bonds. The Morgan fingerprint density at radius 2 is 2.00 bits per heavy atom. The fraction of sp³-hybridized carbons (Fsp3) is 0.364. The van der Waals surface area contributed by atoms with E-state index in [0.717, 1.165) is 17.5 Å². The van der Waals surface area contributed by atoms with Gasteiger partial charge >= 0.3 is 0 Å². The molecule has 0 spiro atoms. The quantitative estimate of drug-likeness (QED) is 0.709. The van der Waals surface area contributed by atoms with E-state index in [1.54, 1.807) is 4.90 Å². The average Bonchev–Trinajstić information content (AvgIpc) is 3.34. The summed E-state index contributed by atoms with van der Waals surface area (Å²) in [7, 11) is 1.84. The third kappa shape index (κ3) is 3.79. The molecule has 0 radical (unpaired) electrons. The van der Waals surface area contributed by atoms with Crippen LogP contribution in [0.4, 0.5) is 0 Å². The standard InChI is InChI=1S/C22H26N4O2/c1-14(2)21-23-19-11-16(9-10-20(19)28-21)22(27)26(3)13-17-12-18(25-24-17)15-7-5-4-6-8-15/h4-11,14,17-18,24-25H,12-13H2,1-3H3. The van der Waals surface area contributed by atoms with Crippen molar-refractivity contribution in [1.29, 1.82) is 0 Å². The third-order valence-corrected chi connectivity index (χ3v) is 5.17. The van der Waals surface area contributed by atoms with Crippen LogP contribution in [0.1, 0.15) is 54.0 Å². The van der Waals surface area contributed by atoms with Crippen molar-refractivity contribution in [2.75, 3.05) is 13.6 Å². The van der Waals surface area contributed by atoms with Crippen molar-refractivity contribution in [2.45, 2.75) is 38.3 Å². The first-order valence-corrected chi connectivity index (χ1v) is 9.73. The Labute approximate surface area is 164 Å². The zero-order valence-corrected chi connectivity index (χ0v) is 16.5. The van der Waals surface area contributed by atoms with E-state index in [4.69, 9.17) is 4.42 Å². The number of rotatable bonds is 5. The average molecular weight is 378 g/mol. The highest BCUT2D eigenvalue weighted by atomic mass is 16.3. The van der Waals surface area contributed by atoms with Crippen molar-refractivity contribution < 1.29 is 9.21 Å². The fourth-order valence-corrected chi connectivity index (χ4v) is 3.60. The molecule has 0 saturated carbocycles. The number of hydrogen-bond donors (Lipinski definition) is 2. The lowest BCUT2D eigenvalue weighted by Gasteiger charge is -2.21. The maximum atomic E-state index is 12.9. The first kappa shape index (κ1) is 18.7. The maximum Gasteiger partial charge on any atom is 0.253 e. The van der Waals surface area contributed by atoms with Crippen LogP contribution in [-0.2, 0) is 0 Å². The number of oxazole rings is 1. The smallest absolute Gasteiger partial charge is 0.253 e. The fourth-order valence-electron chi connectivity index (χ4n) is 3.60. The van der Waals surface area contributed by atoms with Gasteiger partial charge in [0.05, 0.1) is 0 Å². The van der Waals surface area contributed by atoms with Crippen molar-refractivity contribution in [3.05, 3.63) is 65.5 Å². The lowest BCUT2D eigenvalue weighted by Crippen LogP contribution is -2.41. The van der Waals surface area contributed by atoms with Gasteiger partial charge in [-0.1, -0.05) is 44.2 Å². The second-order valence-electron chi connectivity index (χ2n) is 7.76. The molecule has 2 N–H and O–H groups in total. The van der Waals surface area contributed by atoms with E-state index in [-0.39, 0.29) is 23.9 Å². The number of benzene rings is 2. The van der Waals surface area contributed by atoms with Crippen molar-refractivity contribution in [3.8, 4) is 0 Å². The molecule has 2 unspecified atom stereocenters. The predicted octanol–water partition coefficient (Wildman–Crippen LogP) is 3.63. The summed E-state index contributed by atoms with van der Waals surface area (Å²) in [6.45, 7) is 4.70. The first-order chi connectivity index (χ1) is 13.5. The number of carbonyl (C=O) groups excluding carboxylic acids is 1. The minimum absolute atomic E-state index is 0.0130. The van der Waals surface area contributed by atoms with Gasteiger partial charge in [-0.05, 0) is 30.2 Å². The van der Waals surface area contributed by atoms with Gasteiger partial charge in [0.2, 0.25) is 0 Å². The summed E-state index contributed by atoms with van der Waals surface area (Å²) in [5, 5.41) is 0. The van der Waals surface area contributed by atoms with Gasteiger partial charge in [-0.25, -0.2) is 10.4 Å². The first-order valence-electron chi connectivity index (χ1n) is 9.73. The highest BCUT2D eigenvalue weighted by Gasteiger charge is 2.27. The summed E-state index contributed by atoms with van der Waals surface area (Å²) in [5.74, 6) is 0.898. The second kappa shape index (κ2) is 7.73. The van der Waals surface area contributed by atoms with Crippen molar-refractivity contribution >= 4 is 17.0 Å². The van der Waals surface area contributed by atoms with Crippen LogP contribution >= 0.6 is 0 Å². The van der Waals surface area contributed by atoms with Gasteiger partial charge in [0.1, 0.15) is 5.52 Å².